The van der Waals surface area contributed by atoms with Crippen molar-refractivity contribution in [2.24, 2.45) is 5.73 Å². The molecule has 1 rings (SSSR count). The highest BCUT2D eigenvalue weighted by Gasteiger charge is 2.08. The van der Waals surface area contributed by atoms with Crippen molar-refractivity contribution < 1.29 is 4.79 Å². The minimum Gasteiger partial charge on any atom is -0.397 e. The van der Waals surface area contributed by atoms with E-state index in [9.17, 15) is 4.79 Å². The molecule has 0 aromatic carbocycles. The largest absolute Gasteiger partial charge is 0.397 e. The molecule has 1 heterocycles. The zero-order chi connectivity index (χ0) is 13.7. The van der Waals surface area contributed by atoms with Crippen LogP contribution in [0.2, 0.25) is 0 Å². The van der Waals surface area contributed by atoms with Crippen LogP contribution in [0.15, 0.2) is 12.3 Å². The van der Waals surface area contributed by atoms with E-state index in [0.29, 0.717) is 23.1 Å². The van der Waals surface area contributed by atoms with Crippen molar-refractivity contribution in [2.75, 3.05) is 31.2 Å². The molecule has 100 valence electrons. The summed E-state index contributed by atoms with van der Waals surface area (Å²) in [5.41, 5.74) is 11.4. The van der Waals surface area contributed by atoms with Crippen molar-refractivity contribution in [3.05, 3.63) is 17.8 Å². The summed E-state index contributed by atoms with van der Waals surface area (Å²) in [4.78, 5) is 17.4. The summed E-state index contributed by atoms with van der Waals surface area (Å²) in [6.45, 7) is 5.89. The molecule has 0 aliphatic rings. The molecule has 0 saturated carbocycles. The van der Waals surface area contributed by atoms with Gasteiger partial charge in [-0.05, 0) is 27.0 Å². The maximum Gasteiger partial charge on any atom is 0.250 e. The average molecular weight is 251 g/mol. The third-order valence-corrected chi connectivity index (χ3v) is 2.85. The Hall–Kier alpha value is -1.82. The van der Waals surface area contributed by atoms with Crippen LogP contribution in [0.25, 0.3) is 0 Å². The Kier molecular flexibility index (Phi) is 4.91. The molecule has 18 heavy (non-hydrogen) atoms. The van der Waals surface area contributed by atoms with E-state index in [-0.39, 0.29) is 0 Å². The predicted molar refractivity (Wildman–Crippen MR) is 73.4 cm³/mol. The summed E-state index contributed by atoms with van der Waals surface area (Å²) in [7, 11) is 2.05. The van der Waals surface area contributed by atoms with Gasteiger partial charge in [0, 0.05) is 19.1 Å². The SMILES string of the molecule is CC(C)N(C)CCNc1cc(C(N)=O)c(N)cn1. The van der Waals surface area contributed by atoms with Crippen molar-refractivity contribution in [2.45, 2.75) is 19.9 Å². The first-order valence-corrected chi connectivity index (χ1v) is 5.91. The van der Waals surface area contributed by atoms with Crippen molar-refractivity contribution in [1.82, 2.24) is 9.88 Å². The first-order valence-electron chi connectivity index (χ1n) is 5.91. The number of primary amides is 1. The van der Waals surface area contributed by atoms with E-state index in [2.05, 4.69) is 36.1 Å². The van der Waals surface area contributed by atoms with Crippen molar-refractivity contribution >= 4 is 17.4 Å². The van der Waals surface area contributed by atoms with Gasteiger partial charge >= 0.3 is 0 Å². The smallest absolute Gasteiger partial charge is 0.250 e. The van der Waals surface area contributed by atoms with E-state index < -0.39 is 5.91 Å². The number of carbonyl (C=O) groups excluding carboxylic acids is 1. The van der Waals surface area contributed by atoms with Crippen LogP contribution in [0, 0.1) is 0 Å². The minimum absolute atomic E-state index is 0.296. The highest BCUT2D eigenvalue weighted by Crippen LogP contribution is 2.13. The molecular formula is C12H21N5O. The monoisotopic (exact) mass is 251 g/mol. The number of nitrogens with two attached hydrogens (primary N) is 2. The van der Waals surface area contributed by atoms with Gasteiger partial charge in [-0.15, -0.1) is 0 Å². The summed E-state index contributed by atoms with van der Waals surface area (Å²) < 4.78 is 0. The molecule has 1 aromatic rings. The molecule has 0 spiro atoms. The number of rotatable bonds is 6. The average Bonchev–Trinajstić information content (AvgIpc) is 2.30. The number of anilines is 2. The number of hydrogen-bond acceptors (Lipinski definition) is 5. The molecule has 5 N–H and O–H groups in total. The quantitative estimate of drug-likeness (QED) is 0.684. The van der Waals surface area contributed by atoms with Crippen LogP contribution in [0.1, 0.15) is 24.2 Å². The molecule has 1 amide bonds. The lowest BCUT2D eigenvalue weighted by Gasteiger charge is -2.21. The third kappa shape index (κ3) is 3.89. The van der Waals surface area contributed by atoms with E-state index in [1.165, 1.54) is 6.20 Å². The Morgan fingerprint density at radius 1 is 1.56 bits per heavy atom. The van der Waals surface area contributed by atoms with Crippen LogP contribution < -0.4 is 16.8 Å². The first-order chi connectivity index (χ1) is 8.41. The van der Waals surface area contributed by atoms with Crippen LogP contribution >= 0.6 is 0 Å². The Labute approximate surface area is 107 Å². The number of nitrogens with one attached hydrogen (secondary N) is 1. The molecule has 0 bridgehead atoms. The number of carbonyl (C=O) groups is 1. The molecule has 0 aliphatic carbocycles. The Bertz CT molecular complexity index is 419. The maximum absolute atomic E-state index is 11.1. The summed E-state index contributed by atoms with van der Waals surface area (Å²) in [6.07, 6.45) is 1.44. The normalized spacial score (nSPS) is 10.9. The maximum atomic E-state index is 11.1. The summed E-state index contributed by atoms with van der Waals surface area (Å²) in [6, 6.07) is 2.07. The Morgan fingerprint density at radius 2 is 2.22 bits per heavy atom. The fourth-order valence-corrected chi connectivity index (χ4v) is 1.39. The number of hydrogen-bond donors (Lipinski definition) is 3. The molecule has 0 saturated heterocycles. The Balaban J connectivity index is 2.58. The van der Waals surface area contributed by atoms with E-state index in [1.807, 2.05) is 0 Å². The van der Waals surface area contributed by atoms with Crippen LogP contribution in [0.4, 0.5) is 11.5 Å². The lowest BCUT2D eigenvalue weighted by atomic mass is 10.2. The van der Waals surface area contributed by atoms with Gasteiger partial charge in [-0.3, -0.25) is 4.79 Å². The van der Waals surface area contributed by atoms with Gasteiger partial charge in [0.2, 0.25) is 0 Å². The van der Waals surface area contributed by atoms with Gasteiger partial charge < -0.3 is 21.7 Å². The lowest BCUT2D eigenvalue weighted by Crippen LogP contribution is -2.31. The van der Waals surface area contributed by atoms with Crippen molar-refractivity contribution in [3.63, 3.8) is 0 Å². The zero-order valence-electron chi connectivity index (χ0n) is 11.1. The second-order valence-electron chi connectivity index (χ2n) is 4.52. The van der Waals surface area contributed by atoms with E-state index >= 15 is 0 Å². The van der Waals surface area contributed by atoms with E-state index in [4.69, 9.17) is 11.5 Å². The second-order valence-corrected chi connectivity index (χ2v) is 4.52. The minimum atomic E-state index is -0.544. The van der Waals surface area contributed by atoms with Crippen LogP contribution in [-0.4, -0.2) is 42.0 Å². The molecular weight excluding hydrogens is 230 g/mol. The van der Waals surface area contributed by atoms with Crippen molar-refractivity contribution in [3.8, 4) is 0 Å². The number of likely N-dealkylation sites (N-methyl/N-ethyl adjacent to an activating group) is 1. The van der Waals surface area contributed by atoms with Crippen molar-refractivity contribution in [1.29, 1.82) is 0 Å². The fraction of sp³-hybridized carbons (Fsp3) is 0.500. The van der Waals surface area contributed by atoms with Crippen LogP contribution in [0.3, 0.4) is 0 Å². The Morgan fingerprint density at radius 3 is 2.78 bits per heavy atom. The number of nitrogen functional groups attached to an aromatic ring is 1. The van der Waals surface area contributed by atoms with E-state index in [0.717, 1.165) is 13.1 Å². The summed E-state index contributed by atoms with van der Waals surface area (Å²) in [5, 5.41) is 3.14. The molecule has 0 radical (unpaired) electrons. The summed E-state index contributed by atoms with van der Waals surface area (Å²) in [5.74, 6) is 0.0624. The number of aromatic nitrogens is 1. The van der Waals surface area contributed by atoms with Gasteiger partial charge in [0.15, 0.2) is 0 Å². The first kappa shape index (κ1) is 14.2. The molecule has 0 atom stereocenters. The summed E-state index contributed by atoms with van der Waals surface area (Å²) >= 11 is 0. The van der Waals surface area contributed by atoms with Gasteiger partial charge in [0.1, 0.15) is 5.82 Å². The topological polar surface area (TPSA) is 97.3 Å². The lowest BCUT2D eigenvalue weighted by molar-refractivity contribution is 0.100. The number of pyridine rings is 1. The fourth-order valence-electron chi connectivity index (χ4n) is 1.39. The van der Waals surface area contributed by atoms with Crippen LogP contribution in [-0.2, 0) is 0 Å². The molecule has 6 nitrogen and oxygen atoms in total. The van der Waals surface area contributed by atoms with Gasteiger partial charge in [0.05, 0.1) is 17.4 Å². The molecule has 0 unspecified atom stereocenters. The molecule has 0 aliphatic heterocycles. The van der Waals surface area contributed by atoms with Gasteiger partial charge in [-0.25, -0.2) is 4.98 Å². The molecule has 1 aromatic heterocycles. The third-order valence-electron chi connectivity index (χ3n) is 2.85. The predicted octanol–water partition coefficient (Wildman–Crippen LogP) is 0.515. The standard InChI is InChI=1S/C12H21N5O/c1-8(2)17(3)5-4-15-11-6-9(12(14)18)10(13)7-16-11/h6-8H,4-5,13H2,1-3H3,(H2,14,18)(H,15,16). The van der Waals surface area contributed by atoms with E-state index in [1.54, 1.807) is 6.07 Å². The number of amides is 1. The zero-order valence-corrected chi connectivity index (χ0v) is 11.1. The van der Waals surface area contributed by atoms with Crippen LogP contribution in [0.5, 0.6) is 0 Å². The highest BCUT2D eigenvalue weighted by molar-refractivity contribution is 5.98. The van der Waals surface area contributed by atoms with Gasteiger partial charge in [-0.2, -0.15) is 0 Å². The highest BCUT2D eigenvalue weighted by atomic mass is 16.1. The molecule has 0 fully saturated rings. The second kappa shape index (κ2) is 6.20. The number of nitrogens with zero attached hydrogens (tertiary/aromatic N) is 2. The van der Waals surface area contributed by atoms with Gasteiger partial charge in [-0.1, -0.05) is 0 Å². The molecule has 6 heteroatoms. The van der Waals surface area contributed by atoms with Gasteiger partial charge in [0.25, 0.3) is 5.91 Å².